The topological polar surface area (TPSA) is 78.9 Å². The Morgan fingerprint density at radius 1 is 0.885 bits per heavy atom. The summed E-state index contributed by atoms with van der Waals surface area (Å²) < 4.78 is 15.2. The van der Waals surface area contributed by atoms with Crippen LogP contribution < -0.4 is 0 Å². The van der Waals surface area contributed by atoms with Crippen molar-refractivity contribution in [3.8, 4) is 0 Å². The summed E-state index contributed by atoms with van der Waals surface area (Å²) in [5.74, 6) is -2.14. The van der Waals surface area contributed by atoms with Crippen molar-refractivity contribution in [3.63, 3.8) is 0 Å². The predicted octanol–water partition coefficient (Wildman–Crippen LogP) is 2.85. The molecular weight excluding hydrogens is 336 g/mol. The van der Waals surface area contributed by atoms with Gasteiger partial charge in [0.2, 0.25) is 0 Å². The lowest BCUT2D eigenvalue weighted by molar-refractivity contribution is -0.172. The molecular formula is C20H26O6. The third kappa shape index (κ3) is 5.44. The van der Waals surface area contributed by atoms with E-state index in [4.69, 9.17) is 14.2 Å². The van der Waals surface area contributed by atoms with Crippen LogP contribution in [0.1, 0.15) is 32.8 Å². The summed E-state index contributed by atoms with van der Waals surface area (Å²) in [5, 5.41) is 0. The number of esters is 3. The third-order valence-corrected chi connectivity index (χ3v) is 3.76. The Balaban J connectivity index is 3.32. The Hall–Kier alpha value is -2.63. The normalized spacial score (nSPS) is 10.7. The Morgan fingerprint density at radius 3 is 1.85 bits per heavy atom. The second-order valence-corrected chi connectivity index (χ2v) is 5.69. The van der Waals surface area contributed by atoms with E-state index in [1.54, 1.807) is 45.0 Å². The molecule has 0 N–H and O–H groups in total. The number of hydrogen-bond donors (Lipinski definition) is 0. The van der Waals surface area contributed by atoms with Crippen LogP contribution in [-0.4, -0.2) is 37.7 Å². The van der Waals surface area contributed by atoms with Crippen LogP contribution in [0.2, 0.25) is 0 Å². The van der Waals surface area contributed by atoms with Crippen molar-refractivity contribution in [1.82, 2.24) is 0 Å². The molecule has 0 aliphatic heterocycles. The van der Waals surface area contributed by atoms with Gasteiger partial charge in [-0.25, -0.2) is 4.79 Å². The van der Waals surface area contributed by atoms with E-state index in [1.807, 2.05) is 6.07 Å². The highest BCUT2D eigenvalue weighted by molar-refractivity contribution is 6.02. The first-order chi connectivity index (χ1) is 12.4. The van der Waals surface area contributed by atoms with Crippen LogP contribution in [0.5, 0.6) is 0 Å². The van der Waals surface area contributed by atoms with Crippen LogP contribution in [0.25, 0.3) is 0 Å². The molecule has 6 nitrogen and oxygen atoms in total. The lowest BCUT2D eigenvalue weighted by atomic mass is 9.76. The van der Waals surface area contributed by atoms with Gasteiger partial charge < -0.3 is 14.2 Å². The summed E-state index contributed by atoms with van der Waals surface area (Å²) in [6.45, 7) is 9.02. The summed E-state index contributed by atoms with van der Waals surface area (Å²) in [4.78, 5) is 37.6. The molecule has 0 saturated heterocycles. The molecule has 0 amide bonds. The summed E-state index contributed by atoms with van der Waals surface area (Å²) in [7, 11) is 0. The number of carbonyl (C=O) groups is 3. The average Bonchev–Trinajstić information content (AvgIpc) is 2.62. The lowest BCUT2D eigenvalue weighted by Gasteiger charge is -2.29. The van der Waals surface area contributed by atoms with E-state index >= 15 is 0 Å². The van der Waals surface area contributed by atoms with Crippen LogP contribution in [0, 0.1) is 5.41 Å². The Bertz CT molecular complexity index is 617. The van der Waals surface area contributed by atoms with Crippen molar-refractivity contribution < 1.29 is 28.6 Å². The van der Waals surface area contributed by atoms with Crippen molar-refractivity contribution in [2.75, 3.05) is 19.8 Å². The summed E-state index contributed by atoms with van der Waals surface area (Å²) in [6, 6.07) is 9.02. The SMILES string of the molecule is C=C(CC(Cc1ccccc1)(C(=O)OCC)C(=O)OCC)C(=O)OCC. The Labute approximate surface area is 154 Å². The minimum absolute atomic E-state index is 0.0175. The van der Waals surface area contributed by atoms with E-state index in [9.17, 15) is 14.4 Å². The first kappa shape index (κ1) is 21.4. The molecule has 1 aromatic rings. The lowest BCUT2D eigenvalue weighted by Crippen LogP contribution is -2.45. The minimum Gasteiger partial charge on any atom is -0.465 e. The number of ether oxygens (including phenoxy) is 3. The van der Waals surface area contributed by atoms with E-state index in [0.29, 0.717) is 0 Å². The van der Waals surface area contributed by atoms with Crippen molar-refractivity contribution >= 4 is 17.9 Å². The van der Waals surface area contributed by atoms with Crippen LogP contribution in [0.15, 0.2) is 42.5 Å². The molecule has 0 unspecified atom stereocenters. The first-order valence-electron chi connectivity index (χ1n) is 8.64. The molecule has 0 spiro atoms. The van der Waals surface area contributed by atoms with Crippen LogP contribution in [0.3, 0.4) is 0 Å². The van der Waals surface area contributed by atoms with Gasteiger partial charge in [0, 0.05) is 12.0 Å². The summed E-state index contributed by atoms with van der Waals surface area (Å²) in [6.07, 6.45) is -0.206. The quantitative estimate of drug-likeness (QED) is 0.276. The fourth-order valence-corrected chi connectivity index (χ4v) is 2.59. The standard InChI is InChI=1S/C20H26O6/c1-5-24-17(21)15(4)13-20(18(22)25-6-2,19(23)26-7-3)14-16-11-9-8-10-12-16/h8-12H,4-7,13-14H2,1-3H3. The maximum atomic E-state index is 12.8. The second-order valence-electron chi connectivity index (χ2n) is 5.69. The first-order valence-corrected chi connectivity index (χ1v) is 8.64. The van der Waals surface area contributed by atoms with Crippen LogP contribution >= 0.6 is 0 Å². The molecule has 1 rings (SSSR count). The molecule has 0 atom stereocenters. The van der Waals surface area contributed by atoms with E-state index < -0.39 is 23.3 Å². The molecule has 142 valence electrons. The summed E-state index contributed by atoms with van der Waals surface area (Å²) in [5.41, 5.74) is -0.939. The van der Waals surface area contributed by atoms with E-state index in [0.717, 1.165) is 5.56 Å². The molecule has 0 aromatic heterocycles. The van der Waals surface area contributed by atoms with Gasteiger partial charge in [0.25, 0.3) is 0 Å². The highest BCUT2D eigenvalue weighted by Crippen LogP contribution is 2.34. The highest BCUT2D eigenvalue weighted by atomic mass is 16.6. The van der Waals surface area contributed by atoms with E-state index in [1.165, 1.54) is 0 Å². The van der Waals surface area contributed by atoms with Gasteiger partial charge in [-0.05, 0) is 32.8 Å². The van der Waals surface area contributed by atoms with Gasteiger partial charge in [-0.1, -0.05) is 36.9 Å². The van der Waals surface area contributed by atoms with Gasteiger partial charge in [0.15, 0.2) is 5.41 Å². The molecule has 0 heterocycles. The molecule has 0 aliphatic rings. The monoisotopic (exact) mass is 362 g/mol. The zero-order chi connectivity index (χ0) is 19.6. The summed E-state index contributed by atoms with van der Waals surface area (Å²) >= 11 is 0. The largest absolute Gasteiger partial charge is 0.465 e. The Morgan fingerprint density at radius 2 is 1.38 bits per heavy atom. The predicted molar refractivity (Wildman–Crippen MR) is 96.2 cm³/mol. The zero-order valence-electron chi connectivity index (χ0n) is 15.6. The van der Waals surface area contributed by atoms with Crippen molar-refractivity contribution in [2.24, 2.45) is 5.41 Å². The van der Waals surface area contributed by atoms with Gasteiger partial charge in [0.05, 0.1) is 19.8 Å². The van der Waals surface area contributed by atoms with E-state index in [2.05, 4.69) is 6.58 Å². The van der Waals surface area contributed by atoms with Crippen LogP contribution in [0.4, 0.5) is 0 Å². The molecule has 0 aliphatic carbocycles. The highest BCUT2D eigenvalue weighted by Gasteiger charge is 2.50. The molecule has 0 radical (unpaired) electrons. The Kier molecular flexibility index (Phi) is 8.55. The smallest absolute Gasteiger partial charge is 0.333 e. The fraction of sp³-hybridized carbons (Fsp3) is 0.450. The molecule has 26 heavy (non-hydrogen) atoms. The molecule has 6 heteroatoms. The fourth-order valence-electron chi connectivity index (χ4n) is 2.59. The maximum absolute atomic E-state index is 12.8. The maximum Gasteiger partial charge on any atom is 0.333 e. The number of benzene rings is 1. The van der Waals surface area contributed by atoms with Crippen molar-refractivity contribution in [3.05, 3.63) is 48.0 Å². The zero-order valence-corrected chi connectivity index (χ0v) is 15.6. The third-order valence-electron chi connectivity index (χ3n) is 3.76. The van der Waals surface area contributed by atoms with Gasteiger partial charge in [-0.3, -0.25) is 9.59 Å². The van der Waals surface area contributed by atoms with Gasteiger partial charge in [-0.2, -0.15) is 0 Å². The molecule has 1 aromatic carbocycles. The van der Waals surface area contributed by atoms with E-state index in [-0.39, 0.29) is 38.2 Å². The minimum atomic E-state index is -1.70. The van der Waals surface area contributed by atoms with Gasteiger partial charge in [0.1, 0.15) is 0 Å². The van der Waals surface area contributed by atoms with Gasteiger partial charge in [-0.15, -0.1) is 0 Å². The second kappa shape index (κ2) is 10.4. The molecule has 0 bridgehead atoms. The van der Waals surface area contributed by atoms with Crippen molar-refractivity contribution in [2.45, 2.75) is 33.6 Å². The average molecular weight is 362 g/mol. The van der Waals surface area contributed by atoms with Crippen LogP contribution in [-0.2, 0) is 35.0 Å². The number of rotatable bonds is 10. The van der Waals surface area contributed by atoms with Gasteiger partial charge >= 0.3 is 17.9 Å². The molecule has 0 saturated carbocycles. The number of carbonyl (C=O) groups excluding carboxylic acids is 3. The number of hydrogen-bond acceptors (Lipinski definition) is 6. The van der Waals surface area contributed by atoms with Crippen molar-refractivity contribution in [1.29, 1.82) is 0 Å². The molecule has 0 fully saturated rings.